The number of anilines is 1. The fourth-order valence-corrected chi connectivity index (χ4v) is 2.34. The zero-order valence-electron chi connectivity index (χ0n) is 12.6. The Balaban J connectivity index is 2.02. The second-order valence-electron chi connectivity index (χ2n) is 5.50. The van der Waals surface area contributed by atoms with Gasteiger partial charge in [0.25, 0.3) is 0 Å². The molecule has 0 atom stereocenters. The van der Waals surface area contributed by atoms with Crippen LogP contribution in [0.4, 0.5) is 5.82 Å². The highest BCUT2D eigenvalue weighted by Gasteiger charge is 2.15. The summed E-state index contributed by atoms with van der Waals surface area (Å²) in [5.41, 5.74) is 9.45. The standard InChI is InChI=1S/C17H18N4O/c1-11(2)12-7-9-13(10-8-12)16-17(18)21(20-19-16)14-5-3-4-6-15(14)22/h3-11,22H,18H2,1-2H3. The molecule has 112 valence electrons. The van der Waals surface area contributed by atoms with E-state index in [0.717, 1.165) is 5.56 Å². The first-order chi connectivity index (χ1) is 10.6. The van der Waals surface area contributed by atoms with Crippen LogP contribution in [-0.4, -0.2) is 20.1 Å². The number of rotatable bonds is 3. The van der Waals surface area contributed by atoms with Crippen molar-refractivity contribution in [2.75, 3.05) is 5.73 Å². The van der Waals surface area contributed by atoms with Gasteiger partial charge >= 0.3 is 0 Å². The normalized spacial score (nSPS) is 11.0. The molecule has 0 aliphatic heterocycles. The number of nitrogens with zero attached hydrogens (tertiary/aromatic N) is 3. The zero-order chi connectivity index (χ0) is 15.7. The Morgan fingerprint density at radius 2 is 1.73 bits per heavy atom. The Morgan fingerprint density at radius 3 is 2.36 bits per heavy atom. The molecule has 0 amide bonds. The van der Waals surface area contributed by atoms with Crippen LogP contribution in [0.5, 0.6) is 5.75 Å². The summed E-state index contributed by atoms with van der Waals surface area (Å²) < 4.78 is 1.45. The molecule has 0 saturated heterocycles. The molecular weight excluding hydrogens is 276 g/mol. The van der Waals surface area contributed by atoms with Crippen molar-refractivity contribution >= 4 is 5.82 Å². The van der Waals surface area contributed by atoms with Gasteiger partial charge in [0, 0.05) is 5.56 Å². The molecule has 3 rings (SSSR count). The summed E-state index contributed by atoms with van der Waals surface area (Å²) in [6, 6.07) is 15.0. The molecule has 3 N–H and O–H groups in total. The van der Waals surface area contributed by atoms with Crippen LogP contribution in [0.25, 0.3) is 16.9 Å². The van der Waals surface area contributed by atoms with Gasteiger partial charge in [-0.25, -0.2) is 0 Å². The van der Waals surface area contributed by atoms with E-state index in [4.69, 9.17) is 5.73 Å². The van der Waals surface area contributed by atoms with Crippen molar-refractivity contribution in [2.45, 2.75) is 19.8 Å². The fraction of sp³-hybridized carbons (Fsp3) is 0.176. The SMILES string of the molecule is CC(C)c1ccc(-c2nnn(-c3ccccc3O)c2N)cc1. The van der Waals surface area contributed by atoms with Crippen molar-refractivity contribution in [3.05, 3.63) is 54.1 Å². The van der Waals surface area contributed by atoms with E-state index in [1.165, 1.54) is 10.2 Å². The molecule has 0 unspecified atom stereocenters. The smallest absolute Gasteiger partial charge is 0.156 e. The molecule has 5 heteroatoms. The maximum absolute atomic E-state index is 9.92. The third-order valence-corrected chi connectivity index (χ3v) is 3.67. The lowest BCUT2D eigenvalue weighted by Crippen LogP contribution is -2.02. The summed E-state index contributed by atoms with van der Waals surface area (Å²) in [4.78, 5) is 0. The molecule has 0 aliphatic carbocycles. The van der Waals surface area contributed by atoms with Crippen LogP contribution in [0.15, 0.2) is 48.5 Å². The topological polar surface area (TPSA) is 77.0 Å². The highest BCUT2D eigenvalue weighted by molar-refractivity contribution is 5.71. The predicted octanol–water partition coefficient (Wildman–Crippen LogP) is 3.35. The molecule has 1 aromatic heterocycles. The number of phenols is 1. The van der Waals surface area contributed by atoms with E-state index in [1.807, 2.05) is 18.2 Å². The highest BCUT2D eigenvalue weighted by atomic mass is 16.3. The maximum Gasteiger partial charge on any atom is 0.156 e. The number of nitrogens with two attached hydrogens (primary N) is 1. The molecule has 0 bridgehead atoms. The average molecular weight is 294 g/mol. The van der Waals surface area contributed by atoms with Gasteiger partial charge in [-0.1, -0.05) is 55.5 Å². The lowest BCUT2D eigenvalue weighted by atomic mass is 10.0. The van der Waals surface area contributed by atoms with Crippen molar-refractivity contribution < 1.29 is 5.11 Å². The molecule has 22 heavy (non-hydrogen) atoms. The summed E-state index contributed by atoms with van der Waals surface area (Å²) in [5.74, 6) is 0.989. The van der Waals surface area contributed by atoms with E-state index in [9.17, 15) is 5.11 Å². The van der Waals surface area contributed by atoms with Crippen molar-refractivity contribution in [3.63, 3.8) is 0 Å². The Labute approximate surface area is 129 Å². The van der Waals surface area contributed by atoms with Crippen LogP contribution >= 0.6 is 0 Å². The van der Waals surface area contributed by atoms with Gasteiger partial charge in [-0.15, -0.1) is 5.10 Å². The molecule has 0 saturated carbocycles. The summed E-state index contributed by atoms with van der Waals surface area (Å²) in [5, 5.41) is 18.1. The quantitative estimate of drug-likeness (QED) is 0.776. The van der Waals surface area contributed by atoms with E-state index in [1.54, 1.807) is 18.2 Å². The van der Waals surface area contributed by atoms with Crippen molar-refractivity contribution in [3.8, 4) is 22.7 Å². The van der Waals surface area contributed by atoms with Gasteiger partial charge in [0.05, 0.1) is 0 Å². The second-order valence-corrected chi connectivity index (χ2v) is 5.50. The van der Waals surface area contributed by atoms with Crippen LogP contribution in [0.3, 0.4) is 0 Å². The van der Waals surface area contributed by atoms with Crippen LogP contribution < -0.4 is 5.73 Å². The third kappa shape index (κ3) is 2.41. The summed E-state index contributed by atoms with van der Waals surface area (Å²) >= 11 is 0. The van der Waals surface area contributed by atoms with Crippen molar-refractivity contribution in [2.24, 2.45) is 0 Å². The predicted molar refractivity (Wildman–Crippen MR) is 87.0 cm³/mol. The molecule has 0 spiro atoms. The van der Waals surface area contributed by atoms with Gasteiger partial charge in [0.2, 0.25) is 0 Å². The molecular formula is C17H18N4O. The zero-order valence-corrected chi connectivity index (χ0v) is 12.6. The monoisotopic (exact) mass is 294 g/mol. The van der Waals surface area contributed by atoms with Crippen molar-refractivity contribution in [1.82, 2.24) is 15.0 Å². The first-order valence-corrected chi connectivity index (χ1v) is 7.18. The number of aromatic nitrogens is 3. The minimum Gasteiger partial charge on any atom is -0.506 e. The highest BCUT2D eigenvalue weighted by Crippen LogP contribution is 2.29. The van der Waals surface area contributed by atoms with Crippen LogP contribution in [0.2, 0.25) is 0 Å². The van der Waals surface area contributed by atoms with Gasteiger partial charge in [0.15, 0.2) is 5.82 Å². The Hall–Kier alpha value is -2.82. The average Bonchev–Trinajstić information content (AvgIpc) is 2.89. The number of phenolic OH excluding ortho intramolecular Hbond substituents is 1. The van der Waals surface area contributed by atoms with E-state index in [-0.39, 0.29) is 5.75 Å². The molecule has 1 heterocycles. The number of aromatic hydroxyl groups is 1. The van der Waals surface area contributed by atoms with E-state index < -0.39 is 0 Å². The Bertz CT molecular complexity index is 791. The largest absolute Gasteiger partial charge is 0.506 e. The summed E-state index contributed by atoms with van der Waals surface area (Å²) in [6.45, 7) is 4.30. The summed E-state index contributed by atoms with van der Waals surface area (Å²) in [6.07, 6.45) is 0. The lowest BCUT2D eigenvalue weighted by molar-refractivity contribution is 0.470. The maximum atomic E-state index is 9.92. The first kappa shape index (κ1) is 14.1. The first-order valence-electron chi connectivity index (χ1n) is 7.18. The fourth-order valence-electron chi connectivity index (χ4n) is 2.34. The van der Waals surface area contributed by atoms with Crippen LogP contribution in [0, 0.1) is 0 Å². The van der Waals surface area contributed by atoms with Gasteiger partial charge < -0.3 is 10.8 Å². The van der Waals surface area contributed by atoms with Crippen molar-refractivity contribution in [1.29, 1.82) is 0 Å². The minimum atomic E-state index is 0.112. The third-order valence-electron chi connectivity index (χ3n) is 3.67. The van der Waals surface area contributed by atoms with Gasteiger partial charge in [0.1, 0.15) is 17.1 Å². The molecule has 0 fully saturated rings. The lowest BCUT2D eigenvalue weighted by Gasteiger charge is -2.07. The van der Waals surface area contributed by atoms with Gasteiger partial charge in [-0.3, -0.25) is 0 Å². The molecule has 5 nitrogen and oxygen atoms in total. The number of benzene rings is 2. The van der Waals surface area contributed by atoms with Crippen LogP contribution in [-0.2, 0) is 0 Å². The van der Waals surface area contributed by atoms with E-state index in [0.29, 0.717) is 23.1 Å². The summed E-state index contributed by atoms with van der Waals surface area (Å²) in [7, 11) is 0. The number of para-hydroxylation sites is 2. The second kappa shape index (κ2) is 5.52. The number of nitrogen functional groups attached to an aromatic ring is 1. The Kier molecular flexibility index (Phi) is 3.55. The molecule has 0 radical (unpaired) electrons. The van der Waals surface area contributed by atoms with E-state index >= 15 is 0 Å². The van der Waals surface area contributed by atoms with E-state index in [2.05, 4.69) is 36.3 Å². The van der Waals surface area contributed by atoms with Crippen LogP contribution in [0.1, 0.15) is 25.3 Å². The number of hydrogen-bond donors (Lipinski definition) is 2. The van der Waals surface area contributed by atoms with Gasteiger partial charge in [-0.05, 0) is 23.6 Å². The number of hydrogen-bond acceptors (Lipinski definition) is 4. The minimum absolute atomic E-state index is 0.112. The molecule has 3 aromatic rings. The van der Waals surface area contributed by atoms with Gasteiger partial charge in [-0.2, -0.15) is 4.68 Å². The Morgan fingerprint density at radius 1 is 1.05 bits per heavy atom. The molecule has 2 aromatic carbocycles. The molecule has 0 aliphatic rings.